The zero-order valence-corrected chi connectivity index (χ0v) is 23.0. The Morgan fingerprint density at radius 1 is 0.821 bits per heavy atom. The molecule has 0 aliphatic heterocycles. The number of ether oxygens (including phenoxy) is 1. The number of esters is 1. The maximum Gasteiger partial charge on any atom is 0.338 e. The lowest BCUT2D eigenvalue weighted by atomic mass is 10.0. The number of fused-ring (bicyclic) bond motifs is 1. The van der Waals surface area contributed by atoms with Crippen molar-refractivity contribution in [3.05, 3.63) is 94.5 Å². The van der Waals surface area contributed by atoms with Crippen molar-refractivity contribution in [1.29, 1.82) is 0 Å². The van der Waals surface area contributed by atoms with Crippen LogP contribution in [0.15, 0.2) is 72.1 Å². The molecule has 7 nitrogen and oxygen atoms in total. The summed E-state index contributed by atoms with van der Waals surface area (Å²) < 4.78 is 5.59. The molecule has 0 aliphatic rings. The Morgan fingerprint density at radius 2 is 1.41 bits per heavy atom. The van der Waals surface area contributed by atoms with Crippen LogP contribution in [0.1, 0.15) is 40.5 Å². The van der Waals surface area contributed by atoms with Gasteiger partial charge in [0.25, 0.3) is 5.91 Å². The third kappa shape index (κ3) is 5.86. The normalized spacial score (nSPS) is 11.8. The smallest absolute Gasteiger partial charge is 0.338 e. The average molecular weight is 537 g/mol. The first kappa shape index (κ1) is 26.2. The lowest BCUT2D eigenvalue weighted by Gasteiger charge is -2.15. The number of nitrogens with zero attached hydrogens (tertiary/aromatic N) is 3. The highest BCUT2D eigenvalue weighted by Crippen LogP contribution is 2.32. The molecule has 0 spiro atoms. The van der Waals surface area contributed by atoms with Gasteiger partial charge < -0.3 is 4.74 Å². The molecular formula is C31H28N4O3S. The van der Waals surface area contributed by atoms with E-state index in [1.165, 1.54) is 11.3 Å². The number of carbonyl (C=O) groups is 2. The van der Waals surface area contributed by atoms with Gasteiger partial charge in [-0.25, -0.2) is 19.7 Å². The second-order valence-electron chi connectivity index (χ2n) is 9.44. The molecule has 5 aromatic rings. The molecule has 0 aliphatic carbocycles. The van der Waals surface area contributed by atoms with E-state index in [4.69, 9.17) is 14.7 Å². The Labute approximate surface area is 230 Å². The van der Waals surface area contributed by atoms with E-state index in [-0.39, 0.29) is 0 Å². The van der Waals surface area contributed by atoms with Crippen molar-refractivity contribution in [1.82, 2.24) is 15.0 Å². The molecule has 0 fully saturated rings. The van der Waals surface area contributed by atoms with Crippen LogP contribution in [0.5, 0.6) is 0 Å². The summed E-state index contributed by atoms with van der Waals surface area (Å²) in [6.07, 6.45) is -0.622. The van der Waals surface area contributed by atoms with Gasteiger partial charge >= 0.3 is 5.97 Å². The SMILES string of the molecule is CCC(OC(=O)c1ccc2nc(-c3ccc(C)cc3)c(-c3ccc(C)cc3)nc2c1)C(=O)Nc1nc(C)cs1. The van der Waals surface area contributed by atoms with Crippen LogP contribution in [-0.4, -0.2) is 32.9 Å². The van der Waals surface area contributed by atoms with Gasteiger partial charge in [-0.05, 0) is 45.4 Å². The predicted molar refractivity (Wildman–Crippen MR) is 155 cm³/mol. The highest BCUT2D eigenvalue weighted by atomic mass is 32.1. The molecule has 39 heavy (non-hydrogen) atoms. The molecule has 2 heterocycles. The van der Waals surface area contributed by atoms with E-state index in [1.807, 2.05) is 62.5 Å². The van der Waals surface area contributed by atoms with Crippen molar-refractivity contribution in [2.75, 3.05) is 5.32 Å². The zero-order chi connectivity index (χ0) is 27.5. The van der Waals surface area contributed by atoms with Gasteiger partial charge in [-0.15, -0.1) is 11.3 Å². The van der Waals surface area contributed by atoms with Crippen LogP contribution in [0.2, 0.25) is 0 Å². The number of carbonyl (C=O) groups excluding carboxylic acids is 2. The third-order valence-electron chi connectivity index (χ3n) is 6.31. The summed E-state index contributed by atoms with van der Waals surface area (Å²) in [5.41, 5.74) is 8.01. The van der Waals surface area contributed by atoms with Crippen LogP contribution in [-0.2, 0) is 9.53 Å². The molecule has 8 heteroatoms. The van der Waals surface area contributed by atoms with Crippen molar-refractivity contribution >= 4 is 39.4 Å². The predicted octanol–water partition coefficient (Wildman–Crippen LogP) is 6.92. The summed E-state index contributed by atoms with van der Waals surface area (Å²) in [5.74, 6) is -1.01. The minimum atomic E-state index is -0.949. The minimum absolute atomic E-state index is 0.297. The second kappa shape index (κ2) is 11.1. The molecule has 1 unspecified atom stereocenters. The molecule has 0 bridgehead atoms. The largest absolute Gasteiger partial charge is 0.449 e. The maximum absolute atomic E-state index is 13.1. The lowest BCUT2D eigenvalue weighted by Crippen LogP contribution is -2.32. The van der Waals surface area contributed by atoms with Crippen molar-refractivity contribution in [2.45, 2.75) is 40.2 Å². The topological polar surface area (TPSA) is 94.1 Å². The van der Waals surface area contributed by atoms with Crippen LogP contribution in [0.3, 0.4) is 0 Å². The van der Waals surface area contributed by atoms with Crippen LogP contribution in [0.4, 0.5) is 5.13 Å². The number of hydrogen-bond donors (Lipinski definition) is 1. The fraction of sp³-hybridized carbons (Fsp3) is 0.194. The van der Waals surface area contributed by atoms with Gasteiger partial charge in [0.1, 0.15) is 0 Å². The zero-order valence-electron chi connectivity index (χ0n) is 22.2. The summed E-state index contributed by atoms with van der Waals surface area (Å²) >= 11 is 1.32. The Morgan fingerprint density at radius 3 is 1.95 bits per heavy atom. The summed E-state index contributed by atoms with van der Waals surface area (Å²) in [7, 11) is 0. The molecule has 0 saturated heterocycles. The standard InChI is InChI=1S/C31H28N4O3S/c1-5-26(29(36)35-31-32-20(4)17-39-31)38-30(37)23-14-15-24-25(16-23)34-28(22-12-8-19(3)9-13-22)27(33-24)21-10-6-18(2)7-11-21/h6-17,26H,5H2,1-4H3,(H,32,35,36). The molecule has 1 amide bonds. The molecule has 2 aromatic heterocycles. The van der Waals surface area contributed by atoms with E-state index >= 15 is 0 Å². The highest BCUT2D eigenvalue weighted by Gasteiger charge is 2.23. The average Bonchev–Trinajstić information content (AvgIpc) is 3.35. The Kier molecular flexibility index (Phi) is 7.47. The van der Waals surface area contributed by atoms with Gasteiger partial charge in [-0.3, -0.25) is 10.1 Å². The molecule has 3 aromatic carbocycles. The fourth-order valence-corrected chi connectivity index (χ4v) is 4.81. The van der Waals surface area contributed by atoms with Crippen molar-refractivity contribution in [3.8, 4) is 22.5 Å². The van der Waals surface area contributed by atoms with E-state index in [2.05, 4.69) is 22.4 Å². The van der Waals surface area contributed by atoms with Crippen LogP contribution in [0.25, 0.3) is 33.5 Å². The Balaban J connectivity index is 1.47. The van der Waals surface area contributed by atoms with Gasteiger partial charge in [0, 0.05) is 16.5 Å². The number of nitrogens with one attached hydrogen (secondary N) is 1. The number of aromatic nitrogens is 3. The van der Waals surface area contributed by atoms with Gasteiger partial charge in [-0.2, -0.15) is 0 Å². The molecule has 5 rings (SSSR count). The van der Waals surface area contributed by atoms with Crippen LogP contribution in [0, 0.1) is 20.8 Å². The Hall–Kier alpha value is -4.43. The van der Waals surface area contributed by atoms with Crippen molar-refractivity contribution < 1.29 is 14.3 Å². The van der Waals surface area contributed by atoms with Gasteiger partial charge in [0.2, 0.25) is 0 Å². The maximum atomic E-state index is 13.1. The number of anilines is 1. The summed E-state index contributed by atoms with van der Waals surface area (Å²) in [6, 6.07) is 21.4. The number of thiazole rings is 1. The third-order valence-corrected chi connectivity index (χ3v) is 7.19. The van der Waals surface area contributed by atoms with E-state index in [9.17, 15) is 9.59 Å². The fourth-order valence-electron chi connectivity index (χ4n) is 4.12. The van der Waals surface area contributed by atoms with Gasteiger partial charge in [0.15, 0.2) is 11.2 Å². The summed E-state index contributed by atoms with van der Waals surface area (Å²) in [6.45, 7) is 7.72. The first-order chi connectivity index (χ1) is 18.8. The lowest BCUT2D eigenvalue weighted by molar-refractivity contribution is -0.124. The van der Waals surface area contributed by atoms with E-state index in [0.717, 1.165) is 39.3 Å². The molecule has 1 N–H and O–H groups in total. The molecular weight excluding hydrogens is 508 g/mol. The monoisotopic (exact) mass is 536 g/mol. The van der Waals surface area contributed by atoms with Crippen molar-refractivity contribution in [3.63, 3.8) is 0 Å². The van der Waals surface area contributed by atoms with Crippen LogP contribution >= 0.6 is 11.3 Å². The number of rotatable bonds is 7. The first-order valence-electron chi connectivity index (χ1n) is 12.7. The quantitative estimate of drug-likeness (QED) is 0.227. The Bertz CT molecular complexity index is 1660. The van der Waals surface area contributed by atoms with Crippen molar-refractivity contribution in [2.24, 2.45) is 0 Å². The summed E-state index contributed by atoms with van der Waals surface area (Å²) in [4.78, 5) is 39.9. The number of benzene rings is 3. The van der Waals surface area contributed by atoms with Gasteiger partial charge in [-0.1, -0.05) is 66.6 Å². The molecule has 0 saturated carbocycles. The second-order valence-corrected chi connectivity index (χ2v) is 10.3. The van der Waals surface area contributed by atoms with Gasteiger partial charge in [0.05, 0.1) is 33.7 Å². The van der Waals surface area contributed by atoms with E-state index in [1.54, 1.807) is 25.1 Å². The minimum Gasteiger partial charge on any atom is -0.449 e. The highest BCUT2D eigenvalue weighted by molar-refractivity contribution is 7.13. The molecule has 0 radical (unpaired) electrons. The number of hydrogen-bond acceptors (Lipinski definition) is 7. The molecule has 196 valence electrons. The first-order valence-corrected chi connectivity index (χ1v) is 13.6. The van der Waals surface area contributed by atoms with E-state index in [0.29, 0.717) is 28.1 Å². The summed E-state index contributed by atoms with van der Waals surface area (Å²) in [5, 5.41) is 5.04. The van der Waals surface area contributed by atoms with E-state index < -0.39 is 18.0 Å². The number of aryl methyl sites for hydroxylation is 3. The molecule has 1 atom stereocenters. The van der Waals surface area contributed by atoms with Crippen LogP contribution < -0.4 is 5.32 Å². The number of amides is 1.